The van der Waals surface area contributed by atoms with Crippen LogP contribution in [-0.2, 0) is 9.53 Å². The third kappa shape index (κ3) is 5.50. The van der Waals surface area contributed by atoms with E-state index in [0.29, 0.717) is 12.3 Å². The minimum Gasteiger partial charge on any atom is -0.461 e. The van der Waals surface area contributed by atoms with Crippen LogP contribution in [-0.4, -0.2) is 30.1 Å². The van der Waals surface area contributed by atoms with Gasteiger partial charge in [0.05, 0.1) is 0 Å². The van der Waals surface area contributed by atoms with Gasteiger partial charge in [-0.15, -0.1) is 0 Å². The summed E-state index contributed by atoms with van der Waals surface area (Å²) in [4.78, 5) is 11.4. The van der Waals surface area contributed by atoms with Gasteiger partial charge in [-0.2, -0.15) is 11.8 Å². The van der Waals surface area contributed by atoms with Gasteiger partial charge in [0.2, 0.25) is 0 Å². The van der Waals surface area contributed by atoms with E-state index in [2.05, 4.69) is 0 Å². The van der Waals surface area contributed by atoms with Gasteiger partial charge in [0.1, 0.15) is 12.1 Å². The molecule has 0 aliphatic carbocycles. The van der Waals surface area contributed by atoms with E-state index >= 15 is 0 Å². The van der Waals surface area contributed by atoms with Crippen molar-refractivity contribution >= 4 is 17.7 Å². The van der Waals surface area contributed by atoms with Crippen molar-refractivity contribution < 1.29 is 9.53 Å². The summed E-state index contributed by atoms with van der Waals surface area (Å²) >= 11 is 1.68. The number of carbonyl (C=O) groups is 1. The van der Waals surface area contributed by atoms with Gasteiger partial charge in [-0.25, -0.2) is 0 Å². The van der Waals surface area contributed by atoms with Crippen molar-refractivity contribution in [3.8, 4) is 0 Å². The largest absolute Gasteiger partial charge is 0.461 e. The average molecular weight is 219 g/mol. The zero-order valence-electron chi connectivity index (χ0n) is 9.45. The SMILES string of the molecule is CSCC[C@@H](N)C(=O)O[C@H](C)C(C)C. The van der Waals surface area contributed by atoms with Crippen molar-refractivity contribution in [2.24, 2.45) is 11.7 Å². The van der Waals surface area contributed by atoms with E-state index in [-0.39, 0.29) is 12.1 Å². The Morgan fingerprint density at radius 3 is 2.43 bits per heavy atom. The van der Waals surface area contributed by atoms with Crippen LogP contribution in [0.3, 0.4) is 0 Å². The number of carbonyl (C=O) groups excluding carboxylic acids is 1. The second-order valence-electron chi connectivity index (χ2n) is 3.77. The van der Waals surface area contributed by atoms with Crippen LogP contribution in [0.1, 0.15) is 27.2 Å². The monoisotopic (exact) mass is 219 g/mol. The molecule has 0 spiro atoms. The Hall–Kier alpha value is -0.220. The van der Waals surface area contributed by atoms with Crippen molar-refractivity contribution in [2.75, 3.05) is 12.0 Å². The first kappa shape index (κ1) is 13.8. The number of thioether (sulfide) groups is 1. The van der Waals surface area contributed by atoms with Crippen molar-refractivity contribution in [3.05, 3.63) is 0 Å². The molecule has 0 aromatic heterocycles. The summed E-state index contributed by atoms with van der Waals surface area (Å²) in [5, 5.41) is 0. The number of ether oxygens (including phenoxy) is 1. The minimum atomic E-state index is -0.469. The molecule has 2 N–H and O–H groups in total. The van der Waals surface area contributed by atoms with Gasteiger partial charge in [0, 0.05) is 0 Å². The van der Waals surface area contributed by atoms with E-state index in [4.69, 9.17) is 10.5 Å². The molecule has 0 aliphatic heterocycles. The van der Waals surface area contributed by atoms with Gasteiger partial charge in [0.15, 0.2) is 0 Å². The Morgan fingerprint density at radius 2 is 2.00 bits per heavy atom. The van der Waals surface area contributed by atoms with Crippen LogP contribution in [0, 0.1) is 5.92 Å². The van der Waals surface area contributed by atoms with E-state index in [1.54, 1.807) is 11.8 Å². The van der Waals surface area contributed by atoms with Crippen LogP contribution in [0.15, 0.2) is 0 Å². The van der Waals surface area contributed by atoms with E-state index < -0.39 is 6.04 Å². The molecule has 0 aromatic carbocycles. The smallest absolute Gasteiger partial charge is 0.323 e. The van der Waals surface area contributed by atoms with Crippen molar-refractivity contribution in [1.29, 1.82) is 0 Å². The van der Waals surface area contributed by atoms with Gasteiger partial charge in [-0.05, 0) is 31.3 Å². The highest BCUT2D eigenvalue weighted by atomic mass is 32.2. The van der Waals surface area contributed by atoms with Gasteiger partial charge < -0.3 is 10.5 Å². The number of esters is 1. The summed E-state index contributed by atoms with van der Waals surface area (Å²) in [6, 6.07) is -0.469. The van der Waals surface area contributed by atoms with E-state index in [1.165, 1.54) is 0 Å². The predicted octanol–water partition coefficient (Wildman–Crippen LogP) is 1.65. The van der Waals surface area contributed by atoms with Crippen LogP contribution in [0.25, 0.3) is 0 Å². The zero-order valence-corrected chi connectivity index (χ0v) is 10.3. The normalized spacial score (nSPS) is 15.3. The molecule has 0 saturated carbocycles. The van der Waals surface area contributed by atoms with Crippen molar-refractivity contribution in [3.63, 3.8) is 0 Å². The fraction of sp³-hybridized carbons (Fsp3) is 0.900. The third-order valence-electron chi connectivity index (χ3n) is 2.18. The molecular formula is C10H21NO2S. The molecule has 84 valence electrons. The summed E-state index contributed by atoms with van der Waals surface area (Å²) in [5.41, 5.74) is 5.66. The highest BCUT2D eigenvalue weighted by Gasteiger charge is 2.18. The second-order valence-corrected chi connectivity index (χ2v) is 4.76. The quantitative estimate of drug-likeness (QED) is 0.690. The lowest BCUT2D eigenvalue weighted by molar-refractivity contribution is -0.151. The molecule has 0 heterocycles. The molecule has 0 aromatic rings. The molecule has 0 saturated heterocycles. The lowest BCUT2D eigenvalue weighted by Crippen LogP contribution is -2.36. The third-order valence-corrected chi connectivity index (χ3v) is 2.82. The van der Waals surface area contributed by atoms with Gasteiger partial charge >= 0.3 is 5.97 Å². The summed E-state index contributed by atoms with van der Waals surface area (Å²) in [7, 11) is 0. The van der Waals surface area contributed by atoms with Crippen LogP contribution >= 0.6 is 11.8 Å². The summed E-state index contributed by atoms with van der Waals surface area (Å²) in [5.74, 6) is 0.957. The Labute approximate surface area is 90.8 Å². The van der Waals surface area contributed by atoms with Crippen molar-refractivity contribution in [1.82, 2.24) is 0 Å². The number of nitrogens with two attached hydrogens (primary N) is 1. The minimum absolute atomic E-state index is 0.0529. The van der Waals surface area contributed by atoms with Crippen molar-refractivity contribution in [2.45, 2.75) is 39.3 Å². The first-order valence-corrected chi connectivity index (χ1v) is 6.33. The maximum atomic E-state index is 11.4. The van der Waals surface area contributed by atoms with Gasteiger partial charge in [-0.1, -0.05) is 13.8 Å². The van der Waals surface area contributed by atoms with E-state index in [1.807, 2.05) is 27.0 Å². The Morgan fingerprint density at radius 1 is 1.43 bits per heavy atom. The Balaban J connectivity index is 3.82. The van der Waals surface area contributed by atoms with E-state index in [9.17, 15) is 4.79 Å². The maximum Gasteiger partial charge on any atom is 0.323 e. The predicted molar refractivity (Wildman–Crippen MR) is 61.4 cm³/mol. The summed E-state index contributed by atoms with van der Waals surface area (Å²) in [6.07, 6.45) is 2.63. The first-order valence-electron chi connectivity index (χ1n) is 4.94. The molecule has 4 heteroatoms. The molecule has 0 rings (SSSR count). The van der Waals surface area contributed by atoms with E-state index in [0.717, 1.165) is 5.75 Å². The van der Waals surface area contributed by atoms with Crippen LogP contribution in [0.2, 0.25) is 0 Å². The fourth-order valence-electron chi connectivity index (χ4n) is 0.769. The molecule has 14 heavy (non-hydrogen) atoms. The number of hydrogen-bond acceptors (Lipinski definition) is 4. The summed E-state index contributed by atoms with van der Waals surface area (Å²) < 4.78 is 5.20. The molecule has 0 fully saturated rings. The highest BCUT2D eigenvalue weighted by molar-refractivity contribution is 7.98. The number of hydrogen-bond donors (Lipinski definition) is 1. The standard InChI is InChI=1S/C10H21NO2S/c1-7(2)8(3)13-10(12)9(11)5-6-14-4/h7-9H,5-6,11H2,1-4H3/t8-,9-/m1/s1. The van der Waals surface area contributed by atoms with Gasteiger partial charge in [0.25, 0.3) is 0 Å². The topological polar surface area (TPSA) is 52.3 Å². The fourth-order valence-corrected chi connectivity index (χ4v) is 1.26. The lowest BCUT2D eigenvalue weighted by atomic mass is 10.1. The first-order chi connectivity index (χ1) is 6.49. The Bertz CT molecular complexity index is 174. The maximum absolute atomic E-state index is 11.4. The van der Waals surface area contributed by atoms with Crippen LogP contribution in [0.4, 0.5) is 0 Å². The summed E-state index contributed by atoms with van der Waals surface area (Å²) in [6.45, 7) is 5.93. The van der Waals surface area contributed by atoms with Gasteiger partial charge in [-0.3, -0.25) is 4.79 Å². The zero-order chi connectivity index (χ0) is 11.1. The van der Waals surface area contributed by atoms with Crippen LogP contribution in [0.5, 0.6) is 0 Å². The average Bonchev–Trinajstić information content (AvgIpc) is 2.13. The molecule has 0 radical (unpaired) electrons. The molecule has 0 aliphatic rings. The molecular weight excluding hydrogens is 198 g/mol. The highest BCUT2D eigenvalue weighted by Crippen LogP contribution is 2.08. The molecule has 2 atom stereocenters. The molecule has 0 amide bonds. The molecule has 0 unspecified atom stereocenters. The lowest BCUT2D eigenvalue weighted by Gasteiger charge is -2.19. The molecule has 0 bridgehead atoms. The number of rotatable bonds is 6. The second kappa shape index (κ2) is 7.12. The van der Waals surface area contributed by atoms with Crippen LogP contribution < -0.4 is 5.73 Å². The molecule has 3 nitrogen and oxygen atoms in total. The Kier molecular flexibility index (Phi) is 7.01.